The molecule has 1 aliphatic rings. The van der Waals surface area contributed by atoms with E-state index in [9.17, 15) is 9.18 Å². The molecule has 1 amide bonds. The zero-order chi connectivity index (χ0) is 20.2. The minimum Gasteiger partial charge on any atom is -0.497 e. The summed E-state index contributed by atoms with van der Waals surface area (Å²) in [6.45, 7) is -0.264. The van der Waals surface area contributed by atoms with Crippen molar-refractivity contribution in [3.63, 3.8) is 0 Å². The molecule has 148 valence electrons. The van der Waals surface area contributed by atoms with Gasteiger partial charge in [0, 0.05) is 12.5 Å². The number of carbonyl (C=O) groups is 1. The molecule has 1 aromatic heterocycles. The van der Waals surface area contributed by atoms with E-state index in [1.807, 2.05) is 30.3 Å². The van der Waals surface area contributed by atoms with Gasteiger partial charge in [0.05, 0.1) is 19.1 Å². The van der Waals surface area contributed by atoms with Gasteiger partial charge in [0.25, 0.3) is 5.91 Å². The maximum absolute atomic E-state index is 13.3. The summed E-state index contributed by atoms with van der Waals surface area (Å²) in [4.78, 5) is 12.8. The largest absolute Gasteiger partial charge is 0.497 e. The molecule has 0 fully saturated rings. The third kappa shape index (κ3) is 4.13. The molecule has 3 aromatic rings. The van der Waals surface area contributed by atoms with Crippen molar-refractivity contribution in [2.75, 3.05) is 13.7 Å². The highest BCUT2D eigenvalue weighted by atomic mass is 19.1. The van der Waals surface area contributed by atoms with Crippen molar-refractivity contribution in [2.24, 2.45) is 5.10 Å². The quantitative estimate of drug-likeness (QED) is 0.629. The van der Waals surface area contributed by atoms with Crippen LogP contribution in [0.3, 0.4) is 0 Å². The lowest BCUT2D eigenvalue weighted by Crippen LogP contribution is -2.31. The number of hydrazone groups is 1. The molecule has 1 atom stereocenters. The van der Waals surface area contributed by atoms with Crippen molar-refractivity contribution < 1.29 is 23.1 Å². The normalized spacial score (nSPS) is 15.9. The number of amides is 1. The monoisotopic (exact) mass is 394 g/mol. The van der Waals surface area contributed by atoms with Crippen LogP contribution >= 0.6 is 0 Å². The van der Waals surface area contributed by atoms with Crippen LogP contribution in [0.25, 0.3) is 0 Å². The highest BCUT2D eigenvalue weighted by molar-refractivity contribution is 6.03. The van der Waals surface area contributed by atoms with Crippen LogP contribution < -0.4 is 9.47 Å². The maximum atomic E-state index is 13.3. The first kappa shape index (κ1) is 18.7. The van der Waals surface area contributed by atoms with Gasteiger partial charge in [0.2, 0.25) is 0 Å². The van der Waals surface area contributed by atoms with Gasteiger partial charge in [-0.3, -0.25) is 4.79 Å². The Balaban J connectivity index is 1.54. The third-order valence-corrected chi connectivity index (χ3v) is 4.62. The fraction of sp³-hybridized carbons (Fsp3) is 0.182. The minimum absolute atomic E-state index is 0.264. The second kappa shape index (κ2) is 8.18. The molecule has 0 N–H and O–H groups in total. The molecule has 0 saturated heterocycles. The predicted octanol–water partition coefficient (Wildman–Crippen LogP) is 4.18. The second-order valence-electron chi connectivity index (χ2n) is 6.49. The van der Waals surface area contributed by atoms with Gasteiger partial charge >= 0.3 is 0 Å². The molecule has 0 unspecified atom stereocenters. The molecule has 0 radical (unpaired) electrons. The number of methoxy groups -OCH3 is 1. The van der Waals surface area contributed by atoms with Crippen LogP contribution in [0.4, 0.5) is 4.39 Å². The van der Waals surface area contributed by atoms with Crippen LogP contribution in [-0.4, -0.2) is 30.3 Å². The van der Waals surface area contributed by atoms with Crippen molar-refractivity contribution in [1.82, 2.24) is 5.01 Å². The van der Waals surface area contributed by atoms with E-state index in [1.165, 1.54) is 23.2 Å². The molecule has 4 rings (SSSR count). The van der Waals surface area contributed by atoms with Crippen molar-refractivity contribution in [3.8, 4) is 11.5 Å². The Morgan fingerprint density at radius 1 is 1.17 bits per heavy atom. The number of rotatable bonds is 6. The number of benzene rings is 2. The Morgan fingerprint density at radius 2 is 2.00 bits per heavy atom. The summed E-state index contributed by atoms with van der Waals surface area (Å²) in [6, 6.07) is 16.4. The summed E-state index contributed by atoms with van der Waals surface area (Å²) in [6.07, 6.45) is 2.07. The molecular formula is C22H19FN2O4. The molecule has 0 spiro atoms. The fourth-order valence-electron chi connectivity index (χ4n) is 3.17. The van der Waals surface area contributed by atoms with Gasteiger partial charge in [-0.25, -0.2) is 9.40 Å². The lowest BCUT2D eigenvalue weighted by atomic mass is 10.0. The zero-order valence-corrected chi connectivity index (χ0v) is 15.7. The first-order valence-electron chi connectivity index (χ1n) is 9.10. The summed E-state index contributed by atoms with van der Waals surface area (Å²) in [7, 11) is 1.61. The maximum Gasteiger partial charge on any atom is 0.281 e. The van der Waals surface area contributed by atoms with E-state index >= 15 is 0 Å². The van der Waals surface area contributed by atoms with Crippen LogP contribution in [0.1, 0.15) is 23.8 Å². The summed E-state index contributed by atoms with van der Waals surface area (Å²) in [5.41, 5.74) is 1.65. The molecule has 0 saturated carbocycles. The Kier molecular flexibility index (Phi) is 5.29. The SMILES string of the molecule is COc1ccc(C2=NN(C(=O)COc3cccc(F)c3)[C@@H](c3ccco3)C2)cc1. The van der Waals surface area contributed by atoms with Gasteiger partial charge in [-0.15, -0.1) is 0 Å². The summed E-state index contributed by atoms with van der Waals surface area (Å²) >= 11 is 0. The fourth-order valence-corrected chi connectivity index (χ4v) is 3.17. The molecule has 2 aromatic carbocycles. The molecule has 2 heterocycles. The van der Waals surface area contributed by atoms with Gasteiger partial charge < -0.3 is 13.9 Å². The van der Waals surface area contributed by atoms with Crippen molar-refractivity contribution in [1.29, 1.82) is 0 Å². The third-order valence-electron chi connectivity index (χ3n) is 4.62. The summed E-state index contributed by atoms with van der Waals surface area (Å²) in [5.74, 6) is 0.887. The lowest BCUT2D eigenvalue weighted by molar-refractivity contribution is -0.135. The van der Waals surface area contributed by atoms with E-state index in [2.05, 4.69) is 5.10 Å². The number of halogens is 1. The Labute approximate surface area is 167 Å². The number of carbonyl (C=O) groups excluding carboxylic acids is 1. The number of hydrogen-bond donors (Lipinski definition) is 0. The molecule has 0 aliphatic carbocycles. The number of hydrogen-bond acceptors (Lipinski definition) is 5. The molecular weight excluding hydrogens is 375 g/mol. The van der Waals surface area contributed by atoms with E-state index in [-0.39, 0.29) is 24.3 Å². The van der Waals surface area contributed by atoms with E-state index in [0.29, 0.717) is 12.2 Å². The molecule has 6 nitrogen and oxygen atoms in total. The van der Waals surface area contributed by atoms with E-state index in [0.717, 1.165) is 17.0 Å². The lowest BCUT2D eigenvalue weighted by Gasteiger charge is -2.20. The number of nitrogens with zero attached hydrogens (tertiary/aromatic N) is 2. The first-order valence-corrected chi connectivity index (χ1v) is 9.10. The predicted molar refractivity (Wildman–Crippen MR) is 104 cm³/mol. The van der Waals surface area contributed by atoms with E-state index < -0.39 is 5.82 Å². The molecule has 7 heteroatoms. The van der Waals surface area contributed by atoms with Gasteiger partial charge in [-0.2, -0.15) is 5.10 Å². The highest BCUT2D eigenvalue weighted by Crippen LogP contribution is 2.33. The highest BCUT2D eigenvalue weighted by Gasteiger charge is 2.35. The first-order chi connectivity index (χ1) is 14.1. The molecule has 0 bridgehead atoms. The summed E-state index contributed by atoms with van der Waals surface area (Å²) < 4.78 is 29.5. The number of furan rings is 1. The Hall–Kier alpha value is -3.61. The average molecular weight is 394 g/mol. The average Bonchev–Trinajstić information content (AvgIpc) is 3.42. The van der Waals surface area contributed by atoms with Crippen molar-refractivity contribution >= 4 is 11.6 Å². The van der Waals surface area contributed by atoms with Crippen LogP contribution in [0, 0.1) is 5.82 Å². The van der Waals surface area contributed by atoms with Gasteiger partial charge in [-0.1, -0.05) is 6.07 Å². The second-order valence-corrected chi connectivity index (χ2v) is 6.49. The molecule has 29 heavy (non-hydrogen) atoms. The number of ether oxygens (including phenoxy) is 2. The minimum atomic E-state index is -0.426. The van der Waals surface area contributed by atoms with Gasteiger partial charge in [0.1, 0.15) is 29.1 Å². The zero-order valence-electron chi connectivity index (χ0n) is 15.7. The molecule has 1 aliphatic heterocycles. The van der Waals surface area contributed by atoms with E-state index in [1.54, 1.807) is 25.5 Å². The van der Waals surface area contributed by atoms with E-state index in [4.69, 9.17) is 13.9 Å². The van der Waals surface area contributed by atoms with Crippen LogP contribution in [0.2, 0.25) is 0 Å². The van der Waals surface area contributed by atoms with Gasteiger partial charge in [-0.05, 0) is 54.1 Å². The standard InChI is InChI=1S/C22H19FN2O4/c1-27-17-9-7-15(8-10-17)19-13-20(21-6-3-11-28-21)25(24-19)22(26)14-29-18-5-2-4-16(23)12-18/h2-12,20H,13-14H2,1H3/t20-/m1/s1. The van der Waals surface area contributed by atoms with Crippen LogP contribution in [0.5, 0.6) is 11.5 Å². The smallest absolute Gasteiger partial charge is 0.281 e. The van der Waals surface area contributed by atoms with Crippen molar-refractivity contribution in [3.05, 3.63) is 84.1 Å². The Morgan fingerprint density at radius 3 is 2.69 bits per heavy atom. The van der Waals surface area contributed by atoms with Crippen LogP contribution in [0.15, 0.2) is 76.4 Å². The van der Waals surface area contributed by atoms with Crippen molar-refractivity contribution in [2.45, 2.75) is 12.5 Å². The summed E-state index contributed by atoms with van der Waals surface area (Å²) in [5, 5.41) is 5.90. The Bertz CT molecular complexity index is 1020. The topological polar surface area (TPSA) is 64.3 Å². The van der Waals surface area contributed by atoms with Gasteiger partial charge in [0.15, 0.2) is 6.61 Å². The van der Waals surface area contributed by atoms with Crippen LogP contribution in [-0.2, 0) is 4.79 Å².